The summed E-state index contributed by atoms with van der Waals surface area (Å²) in [6.45, 7) is 2.00. The Kier molecular flexibility index (Phi) is 5.54. The first-order chi connectivity index (χ1) is 12.5. The van der Waals surface area contributed by atoms with Gasteiger partial charge in [-0.2, -0.15) is 0 Å². The summed E-state index contributed by atoms with van der Waals surface area (Å²) in [6, 6.07) is 16.3. The van der Waals surface area contributed by atoms with Crippen LogP contribution in [0, 0.1) is 6.92 Å². The molecule has 1 aliphatic heterocycles. The van der Waals surface area contributed by atoms with Crippen molar-refractivity contribution >= 4 is 46.3 Å². The molecular weight excluding hydrogens is 366 g/mol. The average molecular weight is 383 g/mol. The Morgan fingerprint density at radius 1 is 1.19 bits per heavy atom. The van der Waals surface area contributed by atoms with E-state index < -0.39 is 12.0 Å². The minimum Gasteiger partial charge on any atom is -0.481 e. The molecule has 4 nitrogen and oxygen atoms in total. The highest BCUT2D eigenvalue weighted by atomic mass is 32.2. The van der Waals surface area contributed by atoms with Crippen molar-refractivity contribution in [2.45, 2.75) is 19.4 Å². The second-order valence-electron chi connectivity index (χ2n) is 5.99. The van der Waals surface area contributed by atoms with E-state index in [1.165, 1.54) is 16.7 Å². The summed E-state index contributed by atoms with van der Waals surface area (Å²) in [7, 11) is 0. The van der Waals surface area contributed by atoms with Crippen LogP contribution in [-0.4, -0.2) is 26.2 Å². The molecule has 0 saturated carbocycles. The molecule has 1 aliphatic rings. The number of carboxylic acids is 1. The lowest BCUT2D eigenvalue weighted by atomic mass is 10.0. The van der Waals surface area contributed by atoms with Crippen LogP contribution in [0.25, 0.3) is 6.08 Å². The van der Waals surface area contributed by atoms with Crippen molar-refractivity contribution in [2.24, 2.45) is 0 Å². The summed E-state index contributed by atoms with van der Waals surface area (Å²) < 4.78 is 0.378. The third kappa shape index (κ3) is 4.03. The van der Waals surface area contributed by atoms with Crippen molar-refractivity contribution in [3.63, 3.8) is 0 Å². The number of nitrogens with zero attached hydrogens (tertiary/aromatic N) is 1. The summed E-state index contributed by atoms with van der Waals surface area (Å²) in [4.78, 5) is 26.2. The molecule has 1 unspecified atom stereocenters. The van der Waals surface area contributed by atoms with E-state index in [9.17, 15) is 14.7 Å². The number of amides is 1. The minimum absolute atomic E-state index is 0.200. The number of benzene rings is 2. The first-order valence-electron chi connectivity index (χ1n) is 8.06. The van der Waals surface area contributed by atoms with Crippen molar-refractivity contribution in [3.05, 3.63) is 76.2 Å². The summed E-state index contributed by atoms with van der Waals surface area (Å²) in [5.41, 5.74) is 2.80. The zero-order valence-electron chi connectivity index (χ0n) is 14.1. The highest BCUT2D eigenvalue weighted by Gasteiger charge is 2.38. The molecule has 6 heteroatoms. The molecule has 0 spiro atoms. The minimum atomic E-state index is -0.976. The smallest absolute Gasteiger partial charge is 0.305 e. The normalized spacial score (nSPS) is 17.0. The topological polar surface area (TPSA) is 57.6 Å². The van der Waals surface area contributed by atoms with Gasteiger partial charge in [0.2, 0.25) is 0 Å². The van der Waals surface area contributed by atoms with E-state index in [1.807, 2.05) is 61.5 Å². The van der Waals surface area contributed by atoms with E-state index in [4.69, 9.17) is 12.2 Å². The molecule has 0 bridgehead atoms. The van der Waals surface area contributed by atoms with E-state index in [-0.39, 0.29) is 12.3 Å². The van der Waals surface area contributed by atoms with Crippen molar-refractivity contribution in [3.8, 4) is 0 Å². The molecule has 1 N–H and O–H groups in total. The molecule has 0 aliphatic carbocycles. The van der Waals surface area contributed by atoms with E-state index in [2.05, 4.69) is 0 Å². The lowest BCUT2D eigenvalue weighted by Crippen LogP contribution is -2.34. The number of thiocarbonyl (C=S) groups is 1. The predicted octanol–water partition coefficient (Wildman–Crippen LogP) is 4.41. The van der Waals surface area contributed by atoms with Gasteiger partial charge in [0.15, 0.2) is 0 Å². The molecule has 1 atom stereocenters. The van der Waals surface area contributed by atoms with E-state index in [1.54, 1.807) is 6.08 Å². The van der Waals surface area contributed by atoms with Gasteiger partial charge in [-0.15, -0.1) is 0 Å². The zero-order valence-corrected chi connectivity index (χ0v) is 15.7. The summed E-state index contributed by atoms with van der Waals surface area (Å²) in [5.74, 6) is -1.23. The van der Waals surface area contributed by atoms with Crippen molar-refractivity contribution in [1.82, 2.24) is 4.90 Å². The third-order valence-electron chi connectivity index (χ3n) is 4.06. The molecule has 0 radical (unpaired) electrons. The first kappa shape index (κ1) is 18.4. The summed E-state index contributed by atoms with van der Waals surface area (Å²) >= 11 is 6.60. The lowest BCUT2D eigenvalue weighted by molar-refractivity contribution is -0.138. The number of carboxylic acid groups (broad SMARTS) is 1. The Hall–Kier alpha value is -2.44. The lowest BCUT2D eigenvalue weighted by Gasteiger charge is -2.26. The first-order valence-corrected chi connectivity index (χ1v) is 9.28. The number of aryl methyl sites for hydroxylation is 1. The van der Waals surface area contributed by atoms with Gasteiger partial charge < -0.3 is 5.11 Å². The van der Waals surface area contributed by atoms with E-state index in [0.717, 1.165) is 16.7 Å². The third-order valence-corrected chi connectivity index (χ3v) is 5.39. The molecule has 1 amide bonds. The van der Waals surface area contributed by atoms with Crippen LogP contribution >= 0.6 is 24.0 Å². The number of hydrogen-bond acceptors (Lipinski definition) is 4. The van der Waals surface area contributed by atoms with E-state index in [0.29, 0.717) is 9.23 Å². The fourth-order valence-corrected chi connectivity index (χ4v) is 4.12. The van der Waals surface area contributed by atoms with Crippen LogP contribution in [0.5, 0.6) is 0 Å². The van der Waals surface area contributed by atoms with Gasteiger partial charge in [0.25, 0.3) is 5.91 Å². The molecule has 1 saturated heterocycles. The highest BCUT2D eigenvalue weighted by molar-refractivity contribution is 8.26. The SMILES string of the molecule is Cc1ccc(/C=C2/SC(=S)N(C(CC(=O)O)c3ccccc3)C2=O)cc1. The van der Waals surface area contributed by atoms with Gasteiger partial charge in [-0.1, -0.05) is 84.1 Å². The number of thioether (sulfide) groups is 1. The quantitative estimate of drug-likeness (QED) is 0.612. The number of rotatable bonds is 5. The Morgan fingerprint density at radius 2 is 1.85 bits per heavy atom. The van der Waals surface area contributed by atoms with Crippen LogP contribution in [0.15, 0.2) is 59.5 Å². The molecule has 0 aromatic heterocycles. The number of carbonyl (C=O) groups excluding carboxylic acids is 1. The summed E-state index contributed by atoms with van der Waals surface area (Å²) in [6.07, 6.45) is 1.59. The molecular formula is C20H17NO3S2. The fraction of sp³-hybridized carbons (Fsp3) is 0.150. The van der Waals surface area contributed by atoms with Gasteiger partial charge in [0, 0.05) is 0 Å². The summed E-state index contributed by atoms with van der Waals surface area (Å²) in [5, 5.41) is 9.30. The Labute approximate surface area is 161 Å². The maximum atomic E-state index is 12.9. The number of aliphatic carboxylic acids is 1. The molecule has 1 heterocycles. The second kappa shape index (κ2) is 7.85. The molecule has 2 aromatic carbocycles. The van der Waals surface area contributed by atoms with Gasteiger partial charge in [0.05, 0.1) is 17.4 Å². The maximum absolute atomic E-state index is 12.9. The van der Waals surface area contributed by atoms with Gasteiger partial charge >= 0.3 is 5.97 Å². The predicted molar refractivity (Wildman–Crippen MR) is 108 cm³/mol. The standard InChI is InChI=1S/C20H17NO3S2/c1-13-7-9-14(10-8-13)11-17-19(24)21(20(25)26-17)16(12-18(22)23)15-5-3-2-4-6-15/h2-11,16H,12H2,1H3,(H,22,23)/b17-11+. The van der Waals surface area contributed by atoms with Crippen LogP contribution in [0.4, 0.5) is 0 Å². The number of hydrogen-bond donors (Lipinski definition) is 1. The Bertz CT molecular complexity index is 876. The fourth-order valence-electron chi connectivity index (χ4n) is 2.76. The van der Waals surface area contributed by atoms with Crippen LogP contribution in [-0.2, 0) is 9.59 Å². The molecule has 2 aromatic rings. The molecule has 3 rings (SSSR count). The number of carbonyl (C=O) groups is 2. The average Bonchev–Trinajstić information content (AvgIpc) is 2.89. The van der Waals surface area contributed by atoms with Crippen molar-refractivity contribution < 1.29 is 14.7 Å². The second-order valence-corrected chi connectivity index (χ2v) is 7.66. The molecule has 26 heavy (non-hydrogen) atoms. The largest absolute Gasteiger partial charge is 0.481 e. The Morgan fingerprint density at radius 3 is 2.46 bits per heavy atom. The van der Waals surface area contributed by atoms with Crippen LogP contribution in [0.2, 0.25) is 0 Å². The molecule has 132 valence electrons. The monoisotopic (exact) mass is 383 g/mol. The Balaban J connectivity index is 1.93. The van der Waals surface area contributed by atoms with E-state index >= 15 is 0 Å². The maximum Gasteiger partial charge on any atom is 0.305 e. The van der Waals surface area contributed by atoms with Crippen LogP contribution in [0.3, 0.4) is 0 Å². The van der Waals surface area contributed by atoms with Crippen molar-refractivity contribution in [2.75, 3.05) is 0 Å². The van der Waals surface area contributed by atoms with Gasteiger partial charge in [-0.3, -0.25) is 14.5 Å². The van der Waals surface area contributed by atoms with Gasteiger partial charge in [0.1, 0.15) is 4.32 Å². The zero-order chi connectivity index (χ0) is 18.7. The van der Waals surface area contributed by atoms with Crippen LogP contribution in [0.1, 0.15) is 29.2 Å². The van der Waals surface area contributed by atoms with Crippen molar-refractivity contribution in [1.29, 1.82) is 0 Å². The van der Waals surface area contributed by atoms with Crippen LogP contribution < -0.4 is 0 Å². The highest BCUT2D eigenvalue weighted by Crippen LogP contribution is 2.39. The van der Waals surface area contributed by atoms with Gasteiger partial charge in [-0.05, 0) is 24.1 Å². The molecule has 1 fully saturated rings. The van der Waals surface area contributed by atoms with Gasteiger partial charge in [-0.25, -0.2) is 0 Å².